The summed E-state index contributed by atoms with van der Waals surface area (Å²) in [5.74, 6) is 0.694. The third-order valence-electron chi connectivity index (χ3n) is 4.22. The zero-order valence-electron chi connectivity index (χ0n) is 9.05. The Hall–Kier alpha value is -0.530. The molecule has 0 aromatic carbocycles. The topological polar surface area (TPSA) is 26.3 Å². The molecule has 2 aliphatic rings. The molecule has 0 heterocycles. The molecule has 0 radical (unpaired) electrons. The van der Waals surface area contributed by atoms with Gasteiger partial charge in [-0.3, -0.25) is 4.79 Å². The van der Waals surface area contributed by atoms with Gasteiger partial charge < -0.3 is 4.74 Å². The number of esters is 1. The Bertz CT molecular complexity index is 210. The molecule has 0 aromatic rings. The summed E-state index contributed by atoms with van der Waals surface area (Å²) < 4.78 is 5.01. The fourth-order valence-electron chi connectivity index (χ4n) is 3.47. The zero-order valence-corrected chi connectivity index (χ0v) is 9.05. The van der Waals surface area contributed by atoms with Crippen molar-refractivity contribution < 1.29 is 9.53 Å². The number of fused-ring (bicyclic) bond motifs is 1. The minimum absolute atomic E-state index is 0.0712. The quantitative estimate of drug-likeness (QED) is 0.603. The van der Waals surface area contributed by atoms with E-state index in [4.69, 9.17) is 4.74 Å². The molecule has 0 aromatic heterocycles. The highest BCUT2D eigenvalue weighted by Crippen LogP contribution is 2.51. The predicted octanol–water partition coefficient (Wildman–Crippen LogP) is 2.91. The van der Waals surface area contributed by atoms with Crippen molar-refractivity contribution in [1.29, 1.82) is 0 Å². The largest absolute Gasteiger partial charge is 0.469 e. The molecule has 0 aliphatic heterocycles. The molecule has 2 rings (SSSR count). The Labute approximate surface area is 86.0 Å². The second kappa shape index (κ2) is 3.92. The highest BCUT2D eigenvalue weighted by molar-refractivity contribution is 5.77. The first-order chi connectivity index (χ1) is 6.79. The zero-order chi connectivity index (χ0) is 10.0. The third-order valence-corrected chi connectivity index (χ3v) is 4.22. The lowest BCUT2D eigenvalue weighted by atomic mass is 9.59. The fourth-order valence-corrected chi connectivity index (χ4v) is 3.47. The Morgan fingerprint density at radius 2 is 1.71 bits per heavy atom. The van der Waals surface area contributed by atoms with E-state index in [0.717, 1.165) is 12.8 Å². The molecule has 2 aliphatic carbocycles. The smallest absolute Gasteiger partial charge is 0.312 e. The molecule has 2 saturated carbocycles. The van der Waals surface area contributed by atoms with Gasteiger partial charge in [-0.1, -0.05) is 25.7 Å². The Morgan fingerprint density at radius 1 is 1.14 bits per heavy atom. The summed E-state index contributed by atoms with van der Waals surface area (Å²) in [7, 11) is 1.54. The van der Waals surface area contributed by atoms with Gasteiger partial charge in [-0.15, -0.1) is 0 Å². The first kappa shape index (κ1) is 10.0. The van der Waals surface area contributed by atoms with E-state index in [-0.39, 0.29) is 11.4 Å². The van der Waals surface area contributed by atoms with Crippen LogP contribution >= 0.6 is 0 Å². The fraction of sp³-hybridized carbons (Fsp3) is 0.917. The summed E-state index contributed by atoms with van der Waals surface area (Å²) >= 11 is 0. The van der Waals surface area contributed by atoms with Crippen LogP contribution in [-0.4, -0.2) is 13.1 Å². The highest BCUT2D eigenvalue weighted by atomic mass is 16.5. The van der Waals surface area contributed by atoms with Gasteiger partial charge in [0, 0.05) is 0 Å². The van der Waals surface area contributed by atoms with Crippen molar-refractivity contribution in [3.05, 3.63) is 0 Å². The first-order valence-electron chi connectivity index (χ1n) is 5.88. The van der Waals surface area contributed by atoms with E-state index in [1.54, 1.807) is 0 Å². The van der Waals surface area contributed by atoms with Gasteiger partial charge in [0.05, 0.1) is 12.5 Å². The average Bonchev–Trinajstić information content (AvgIpc) is 2.28. The molecule has 0 amide bonds. The summed E-state index contributed by atoms with van der Waals surface area (Å²) in [5.41, 5.74) is -0.0781. The third kappa shape index (κ3) is 1.45. The molecule has 2 nitrogen and oxygen atoms in total. The predicted molar refractivity (Wildman–Crippen MR) is 54.9 cm³/mol. The van der Waals surface area contributed by atoms with E-state index in [9.17, 15) is 4.79 Å². The molecule has 0 saturated heterocycles. The van der Waals surface area contributed by atoms with Crippen molar-refractivity contribution in [3.8, 4) is 0 Å². The molecule has 80 valence electrons. The van der Waals surface area contributed by atoms with Gasteiger partial charge in [-0.2, -0.15) is 0 Å². The van der Waals surface area contributed by atoms with Crippen molar-refractivity contribution in [1.82, 2.24) is 0 Å². The number of carbonyl (C=O) groups is 1. The Morgan fingerprint density at radius 3 is 2.21 bits per heavy atom. The summed E-state index contributed by atoms with van der Waals surface area (Å²) in [6.07, 6.45) is 9.68. The Balaban J connectivity index is 2.20. The van der Waals surface area contributed by atoms with E-state index in [1.807, 2.05) is 0 Å². The van der Waals surface area contributed by atoms with E-state index in [0.29, 0.717) is 5.92 Å². The van der Waals surface area contributed by atoms with Gasteiger partial charge in [-0.05, 0) is 31.6 Å². The van der Waals surface area contributed by atoms with Crippen molar-refractivity contribution in [2.45, 2.75) is 51.4 Å². The molecular formula is C12H20O2. The lowest BCUT2D eigenvalue weighted by molar-refractivity contribution is -0.162. The second-order valence-corrected chi connectivity index (χ2v) is 4.84. The molecule has 0 atom stereocenters. The van der Waals surface area contributed by atoms with Crippen LogP contribution in [0.25, 0.3) is 0 Å². The number of hydrogen-bond donors (Lipinski definition) is 0. The number of ether oxygens (including phenoxy) is 1. The number of hydrogen-bond acceptors (Lipinski definition) is 2. The lowest BCUT2D eigenvalue weighted by Gasteiger charge is -2.45. The summed E-state index contributed by atoms with van der Waals surface area (Å²) in [6, 6.07) is 0. The summed E-state index contributed by atoms with van der Waals surface area (Å²) in [4.78, 5) is 11.9. The number of carbonyl (C=O) groups excluding carboxylic acids is 1. The standard InChI is InChI=1S/C12H20O2/c1-14-11(13)12-8-4-2-6-10(12)7-3-5-9-12/h10H,2-9H2,1H3. The number of methoxy groups -OCH3 is 1. The lowest BCUT2D eigenvalue weighted by Crippen LogP contribution is -2.43. The monoisotopic (exact) mass is 196 g/mol. The van der Waals surface area contributed by atoms with Crippen molar-refractivity contribution in [2.75, 3.05) is 7.11 Å². The maximum absolute atomic E-state index is 11.9. The van der Waals surface area contributed by atoms with Crippen LogP contribution in [0.5, 0.6) is 0 Å². The van der Waals surface area contributed by atoms with Gasteiger partial charge in [-0.25, -0.2) is 0 Å². The van der Waals surface area contributed by atoms with Crippen LogP contribution in [0.15, 0.2) is 0 Å². The van der Waals surface area contributed by atoms with Crippen LogP contribution in [0, 0.1) is 11.3 Å². The molecular weight excluding hydrogens is 176 g/mol. The van der Waals surface area contributed by atoms with Gasteiger partial charge in [0.2, 0.25) is 0 Å². The molecule has 0 spiro atoms. The number of rotatable bonds is 1. The van der Waals surface area contributed by atoms with Crippen LogP contribution < -0.4 is 0 Å². The minimum atomic E-state index is -0.0781. The molecule has 2 fully saturated rings. The molecule has 2 heteroatoms. The molecule has 0 unspecified atom stereocenters. The van der Waals surface area contributed by atoms with Gasteiger partial charge in [0.15, 0.2) is 0 Å². The van der Waals surface area contributed by atoms with Crippen molar-refractivity contribution in [3.63, 3.8) is 0 Å². The molecule has 0 bridgehead atoms. The maximum atomic E-state index is 11.9. The van der Waals surface area contributed by atoms with Crippen LogP contribution in [-0.2, 0) is 9.53 Å². The van der Waals surface area contributed by atoms with E-state index in [1.165, 1.54) is 45.6 Å². The summed E-state index contributed by atoms with van der Waals surface area (Å²) in [5, 5.41) is 0. The maximum Gasteiger partial charge on any atom is 0.312 e. The van der Waals surface area contributed by atoms with Crippen LogP contribution in [0.2, 0.25) is 0 Å². The first-order valence-corrected chi connectivity index (χ1v) is 5.88. The van der Waals surface area contributed by atoms with Gasteiger partial charge in [0.25, 0.3) is 0 Å². The van der Waals surface area contributed by atoms with Gasteiger partial charge in [0.1, 0.15) is 0 Å². The second-order valence-electron chi connectivity index (χ2n) is 4.84. The van der Waals surface area contributed by atoms with Gasteiger partial charge >= 0.3 is 5.97 Å². The average molecular weight is 196 g/mol. The minimum Gasteiger partial charge on any atom is -0.469 e. The molecule has 0 N–H and O–H groups in total. The van der Waals surface area contributed by atoms with E-state index >= 15 is 0 Å². The Kier molecular flexibility index (Phi) is 2.80. The molecule has 14 heavy (non-hydrogen) atoms. The van der Waals surface area contributed by atoms with Crippen LogP contribution in [0.3, 0.4) is 0 Å². The van der Waals surface area contributed by atoms with Crippen molar-refractivity contribution in [2.24, 2.45) is 11.3 Å². The van der Waals surface area contributed by atoms with E-state index in [2.05, 4.69) is 0 Å². The van der Waals surface area contributed by atoms with Crippen LogP contribution in [0.1, 0.15) is 51.4 Å². The summed E-state index contributed by atoms with van der Waals surface area (Å²) in [6.45, 7) is 0. The van der Waals surface area contributed by atoms with Crippen molar-refractivity contribution >= 4 is 5.97 Å². The normalized spacial score (nSPS) is 37.4. The van der Waals surface area contributed by atoms with E-state index < -0.39 is 0 Å². The SMILES string of the molecule is COC(=O)C12CCCCC1CCCC2. The highest BCUT2D eigenvalue weighted by Gasteiger charge is 2.48. The van der Waals surface area contributed by atoms with Crippen LogP contribution in [0.4, 0.5) is 0 Å².